The van der Waals surface area contributed by atoms with Gasteiger partial charge in [-0.05, 0) is 55.5 Å². The molecule has 0 amide bonds. The molecule has 1 aromatic rings. The summed E-state index contributed by atoms with van der Waals surface area (Å²) >= 11 is 1.82. The summed E-state index contributed by atoms with van der Waals surface area (Å²) in [4.78, 5) is 2.61. The van der Waals surface area contributed by atoms with E-state index >= 15 is 0 Å². The summed E-state index contributed by atoms with van der Waals surface area (Å²) in [7, 11) is 0. The minimum Gasteiger partial charge on any atom is -0.369 e. The van der Waals surface area contributed by atoms with Crippen molar-refractivity contribution in [1.29, 1.82) is 0 Å². The first-order valence-electron chi connectivity index (χ1n) is 8.35. The lowest BCUT2D eigenvalue weighted by Gasteiger charge is -2.40. The molecule has 2 heterocycles. The average Bonchev–Trinajstić information content (AvgIpc) is 2.91. The van der Waals surface area contributed by atoms with Crippen molar-refractivity contribution in [2.75, 3.05) is 24.5 Å². The van der Waals surface area contributed by atoms with E-state index in [1.165, 1.54) is 63.8 Å². The van der Waals surface area contributed by atoms with Crippen molar-refractivity contribution in [1.82, 2.24) is 5.32 Å². The van der Waals surface area contributed by atoms with Gasteiger partial charge in [-0.2, -0.15) is 11.3 Å². The van der Waals surface area contributed by atoms with Gasteiger partial charge >= 0.3 is 0 Å². The number of rotatable bonds is 6. The summed E-state index contributed by atoms with van der Waals surface area (Å²) in [5.74, 6) is 1.84. The summed E-state index contributed by atoms with van der Waals surface area (Å²) in [6.07, 6.45) is 8.43. The van der Waals surface area contributed by atoms with E-state index < -0.39 is 0 Å². The van der Waals surface area contributed by atoms with E-state index in [0.717, 1.165) is 11.8 Å². The van der Waals surface area contributed by atoms with E-state index in [9.17, 15) is 0 Å². The van der Waals surface area contributed by atoms with Crippen molar-refractivity contribution in [3.8, 4) is 0 Å². The number of nitrogens with zero attached hydrogens (tertiary/aromatic N) is 1. The van der Waals surface area contributed by atoms with Gasteiger partial charge in [0.15, 0.2) is 0 Å². The Morgan fingerprint density at radius 2 is 2.20 bits per heavy atom. The first-order chi connectivity index (χ1) is 9.85. The molecule has 2 aliphatic rings. The maximum atomic E-state index is 3.87. The topological polar surface area (TPSA) is 15.3 Å². The van der Waals surface area contributed by atoms with Crippen LogP contribution in [-0.4, -0.2) is 25.7 Å². The summed E-state index contributed by atoms with van der Waals surface area (Å²) in [5, 5.41) is 8.37. The Morgan fingerprint density at radius 3 is 2.85 bits per heavy atom. The number of nitrogens with one attached hydrogen (secondary N) is 1. The largest absolute Gasteiger partial charge is 0.369 e. The average molecular weight is 292 g/mol. The number of hydrogen-bond acceptors (Lipinski definition) is 3. The molecule has 1 aliphatic carbocycles. The fourth-order valence-electron chi connectivity index (χ4n) is 3.65. The van der Waals surface area contributed by atoms with E-state index in [2.05, 4.69) is 34.0 Å². The van der Waals surface area contributed by atoms with E-state index in [1.54, 1.807) is 0 Å². The lowest BCUT2D eigenvalue weighted by Crippen LogP contribution is -2.50. The molecule has 0 spiro atoms. The monoisotopic (exact) mass is 292 g/mol. The zero-order valence-electron chi connectivity index (χ0n) is 12.7. The predicted molar refractivity (Wildman–Crippen MR) is 88.7 cm³/mol. The first-order valence-corrected chi connectivity index (χ1v) is 9.30. The Hall–Kier alpha value is -0.540. The fourth-order valence-corrected chi connectivity index (χ4v) is 4.31. The summed E-state index contributed by atoms with van der Waals surface area (Å²) in [6, 6.07) is 2.97. The molecule has 2 fully saturated rings. The Labute approximate surface area is 127 Å². The molecule has 1 aromatic heterocycles. The predicted octanol–water partition coefficient (Wildman–Crippen LogP) is 4.13. The second-order valence-corrected chi connectivity index (χ2v) is 7.46. The lowest BCUT2D eigenvalue weighted by molar-refractivity contribution is 0.259. The highest BCUT2D eigenvalue weighted by molar-refractivity contribution is 7.08. The van der Waals surface area contributed by atoms with Crippen molar-refractivity contribution in [3.05, 3.63) is 16.8 Å². The lowest BCUT2D eigenvalue weighted by atomic mass is 9.84. The van der Waals surface area contributed by atoms with Gasteiger partial charge in [0, 0.05) is 30.2 Å². The van der Waals surface area contributed by atoms with E-state index in [-0.39, 0.29) is 0 Å². The summed E-state index contributed by atoms with van der Waals surface area (Å²) < 4.78 is 0. The Balaban J connectivity index is 1.57. The van der Waals surface area contributed by atoms with Crippen LogP contribution in [-0.2, 0) is 0 Å². The number of piperidine rings is 1. The van der Waals surface area contributed by atoms with Crippen molar-refractivity contribution in [2.45, 2.75) is 51.5 Å². The molecule has 112 valence electrons. The molecular weight excluding hydrogens is 264 g/mol. The molecule has 3 rings (SSSR count). The van der Waals surface area contributed by atoms with Gasteiger partial charge in [-0.25, -0.2) is 0 Å². The molecule has 0 aromatic carbocycles. The van der Waals surface area contributed by atoms with Crippen LogP contribution in [0, 0.1) is 11.8 Å². The Morgan fingerprint density at radius 1 is 1.30 bits per heavy atom. The van der Waals surface area contributed by atoms with Crippen LogP contribution in [0.15, 0.2) is 16.8 Å². The van der Waals surface area contributed by atoms with Crippen LogP contribution in [0.3, 0.4) is 0 Å². The Kier molecular flexibility index (Phi) is 5.00. The molecule has 0 radical (unpaired) electrons. The van der Waals surface area contributed by atoms with Crippen LogP contribution < -0.4 is 10.2 Å². The summed E-state index contributed by atoms with van der Waals surface area (Å²) in [6.45, 7) is 6.02. The molecule has 1 N–H and O–H groups in total. The van der Waals surface area contributed by atoms with E-state index in [1.807, 2.05) is 11.3 Å². The number of thiophene rings is 1. The minimum absolute atomic E-state index is 0.695. The second kappa shape index (κ2) is 6.95. The second-order valence-electron chi connectivity index (χ2n) is 6.68. The smallest absolute Gasteiger partial charge is 0.0475 e. The molecule has 0 bridgehead atoms. The molecule has 1 saturated heterocycles. The molecular formula is C17H28N2S. The van der Waals surface area contributed by atoms with Crippen LogP contribution in [0.1, 0.15) is 45.4 Å². The molecule has 3 heteroatoms. The van der Waals surface area contributed by atoms with Gasteiger partial charge in [0.05, 0.1) is 0 Å². The molecule has 1 aliphatic heterocycles. The first kappa shape index (κ1) is 14.4. The Bertz CT molecular complexity index is 386. The zero-order chi connectivity index (χ0) is 13.8. The third kappa shape index (κ3) is 3.56. The van der Waals surface area contributed by atoms with Crippen molar-refractivity contribution >= 4 is 17.0 Å². The van der Waals surface area contributed by atoms with Crippen LogP contribution in [0.5, 0.6) is 0 Å². The quantitative estimate of drug-likeness (QED) is 0.848. The highest BCUT2D eigenvalue weighted by atomic mass is 32.1. The number of hydrogen-bond donors (Lipinski definition) is 1. The van der Waals surface area contributed by atoms with E-state index in [0.29, 0.717) is 6.04 Å². The van der Waals surface area contributed by atoms with Crippen molar-refractivity contribution in [2.24, 2.45) is 11.8 Å². The third-order valence-corrected chi connectivity index (χ3v) is 5.70. The highest BCUT2D eigenvalue weighted by Crippen LogP contribution is 2.29. The highest BCUT2D eigenvalue weighted by Gasteiger charge is 2.28. The maximum absolute atomic E-state index is 3.87. The van der Waals surface area contributed by atoms with Gasteiger partial charge in [-0.1, -0.05) is 19.8 Å². The SMILES string of the molecule is CCCC1CC(NCC2CCC2)CN(c2ccsc2)C1. The standard InChI is InChI=1S/C17H28N2S/c1-2-4-15-9-16(18-10-14-5-3-6-14)12-19(11-15)17-7-8-20-13-17/h7-8,13-16,18H,2-6,9-12H2,1H3. The van der Waals surface area contributed by atoms with Gasteiger partial charge in [0.2, 0.25) is 0 Å². The fraction of sp³-hybridized carbons (Fsp3) is 0.765. The van der Waals surface area contributed by atoms with Gasteiger partial charge in [0.25, 0.3) is 0 Å². The van der Waals surface area contributed by atoms with Gasteiger partial charge in [-0.15, -0.1) is 0 Å². The molecule has 1 saturated carbocycles. The third-order valence-electron chi connectivity index (χ3n) is 5.03. The van der Waals surface area contributed by atoms with Crippen LogP contribution >= 0.6 is 11.3 Å². The molecule has 2 atom stereocenters. The zero-order valence-corrected chi connectivity index (χ0v) is 13.5. The van der Waals surface area contributed by atoms with Gasteiger partial charge < -0.3 is 10.2 Å². The summed E-state index contributed by atoms with van der Waals surface area (Å²) in [5.41, 5.74) is 1.44. The maximum Gasteiger partial charge on any atom is 0.0475 e. The molecule has 2 unspecified atom stereocenters. The molecule has 20 heavy (non-hydrogen) atoms. The normalized spacial score (nSPS) is 27.6. The molecule has 2 nitrogen and oxygen atoms in total. The van der Waals surface area contributed by atoms with Crippen molar-refractivity contribution < 1.29 is 0 Å². The minimum atomic E-state index is 0.695. The van der Waals surface area contributed by atoms with Gasteiger partial charge in [0.1, 0.15) is 0 Å². The van der Waals surface area contributed by atoms with Crippen molar-refractivity contribution in [3.63, 3.8) is 0 Å². The van der Waals surface area contributed by atoms with Crippen LogP contribution in [0.4, 0.5) is 5.69 Å². The van der Waals surface area contributed by atoms with Crippen LogP contribution in [0.25, 0.3) is 0 Å². The van der Waals surface area contributed by atoms with Crippen LogP contribution in [0.2, 0.25) is 0 Å². The van der Waals surface area contributed by atoms with E-state index in [4.69, 9.17) is 0 Å². The number of anilines is 1. The van der Waals surface area contributed by atoms with Gasteiger partial charge in [-0.3, -0.25) is 0 Å².